The van der Waals surface area contributed by atoms with Crippen molar-refractivity contribution in [2.24, 2.45) is 17.6 Å². The van der Waals surface area contributed by atoms with Crippen LogP contribution in [0.4, 0.5) is 0 Å². The molecule has 4 N–H and O–H groups in total. The topological polar surface area (TPSA) is 75.3 Å². The Morgan fingerprint density at radius 3 is 2.53 bits per heavy atom. The first-order chi connectivity index (χ1) is 8.99. The van der Waals surface area contributed by atoms with Crippen molar-refractivity contribution in [1.29, 1.82) is 0 Å². The van der Waals surface area contributed by atoms with Gasteiger partial charge in [-0.2, -0.15) is 0 Å². The van der Waals surface area contributed by atoms with Crippen LogP contribution in [0.1, 0.15) is 58.8 Å². The highest BCUT2D eigenvalue weighted by molar-refractivity contribution is 5.76. The molecule has 19 heavy (non-hydrogen) atoms. The van der Waals surface area contributed by atoms with Crippen LogP contribution < -0.4 is 11.1 Å². The molecule has 0 aromatic carbocycles. The van der Waals surface area contributed by atoms with Crippen LogP contribution in [0.25, 0.3) is 0 Å². The van der Waals surface area contributed by atoms with E-state index >= 15 is 0 Å². The van der Waals surface area contributed by atoms with Crippen LogP contribution in [-0.2, 0) is 4.79 Å². The molecule has 4 nitrogen and oxygen atoms in total. The van der Waals surface area contributed by atoms with Gasteiger partial charge >= 0.3 is 0 Å². The molecule has 1 aliphatic carbocycles. The van der Waals surface area contributed by atoms with Gasteiger partial charge in [0.25, 0.3) is 0 Å². The maximum absolute atomic E-state index is 11.6. The Bertz CT molecular complexity index is 263. The van der Waals surface area contributed by atoms with Gasteiger partial charge in [0.05, 0.1) is 12.5 Å². The molecule has 0 radical (unpaired) electrons. The average Bonchev–Trinajstić information content (AvgIpc) is 2.37. The minimum absolute atomic E-state index is 0.0354. The van der Waals surface area contributed by atoms with Crippen molar-refractivity contribution < 1.29 is 9.90 Å². The van der Waals surface area contributed by atoms with Crippen LogP contribution in [0.15, 0.2) is 0 Å². The molecule has 2 unspecified atom stereocenters. The van der Waals surface area contributed by atoms with Crippen molar-refractivity contribution in [2.75, 3.05) is 6.54 Å². The first-order valence-corrected chi connectivity index (χ1v) is 7.69. The molecule has 0 saturated heterocycles. The summed E-state index contributed by atoms with van der Waals surface area (Å²) in [5, 5.41) is 12.8. The van der Waals surface area contributed by atoms with E-state index in [-0.39, 0.29) is 18.4 Å². The van der Waals surface area contributed by atoms with E-state index in [1.165, 1.54) is 32.1 Å². The van der Waals surface area contributed by atoms with Crippen LogP contribution >= 0.6 is 0 Å². The molecule has 0 aromatic rings. The maximum atomic E-state index is 11.6. The van der Waals surface area contributed by atoms with Gasteiger partial charge < -0.3 is 16.2 Å². The summed E-state index contributed by atoms with van der Waals surface area (Å²) in [6.45, 7) is 4.77. The number of nitrogens with two attached hydrogens (primary N) is 1. The number of carbonyl (C=O) groups excluding carboxylic acids is 1. The van der Waals surface area contributed by atoms with Crippen LogP contribution in [0.2, 0.25) is 0 Å². The number of carbonyl (C=O) groups is 1. The SMILES string of the molecule is CC(C)CNC(=O)CC(O)CC(N)C1CCCCC1. The van der Waals surface area contributed by atoms with Crippen molar-refractivity contribution in [3.05, 3.63) is 0 Å². The lowest BCUT2D eigenvalue weighted by molar-refractivity contribution is -0.123. The van der Waals surface area contributed by atoms with Gasteiger partial charge in [0.1, 0.15) is 0 Å². The first kappa shape index (κ1) is 16.4. The molecular weight excluding hydrogens is 240 g/mol. The molecule has 1 rings (SSSR count). The Hall–Kier alpha value is -0.610. The van der Waals surface area contributed by atoms with Crippen LogP contribution in [0.5, 0.6) is 0 Å². The zero-order chi connectivity index (χ0) is 14.3. The third-order valence-electron chi connectivity index (χ3n) is 3.93. The van der Waals surface area contributed by atoms with E-state index in [1.807, 2.05) is 0 Å². The summed E-state index contributed by atoms with van der Waals surface area (Å²) in [4.78, 5) is 11.6. The fourth-order valence-electron chi connectivity index (χ4n) is 2.76. The van der Waals surface area contributed by atoms with Gasteiger partial charge in [0, 0.05) is 12.6 Å². The van der Waals surface area contributed by atoms with Gasteiger partial charge in [0.2, 0.25) is 5.91 Å². The molecule has 1 amide bonds. The Balaban J connectivity index is 2.21. The van der Waals surface area contributed by atoms with E-state index in [9.17, 15) is 9.90 Å². The predicted octanol–water partition coefficient (Wildman–Crippen LogP) is 1.81. The lowest BCUT2D eigenvalue weighted by atomic mass is 9.82. The number of amides is 1. The quantitative estimate of drug-likeness (QED) is 0.660. The molecule has 0 bridgehead atoms. The number of hydrogen-bond donors (Lipinski definition) is 3. The van der Waals surface area contributed by atoms with E-state index in [0.717, 1.165) is 0 Å². The second kappa shape index (κ2) is 8.54. The van der Waals surface area contributed by atoms with Crippen molar-refractivity contribution in [2.45, 2.75) is 70.9 Å². The highest BCUT2D eigenvalue weighted by Crippen LogP contribution is 2.27. The smallest absolute Gasteiger partial charge is 0.222 e. The van der Waals surface area contributed by atoms with E-state index in [1.54, 1.807) is 0 Å². The minimum atomic E-state index is -0.607. The van der Waals surface area contributed by atoms with Gasteiger partial charge in [-0.05, 0) is 31.1 Å². The number of hydrogen-bond acceptors (Lipinski definition) is 3. The van der Waals surface area contributed by atoms with E-state index < -0.39 is 6.10 Å². The third-order valence-corrected chi connectivity index (χ3v) is 3.93. The monoisotopic (exact) mass is 270 g/mol. The molecule has 0 heterocycles. The molecule has 112 valence electrons. The lowest BCUT2D eigenvalue weighted by Crippen LogP contribution is -2.37. The standard InChI is InChI=1S/C15H30N2O2/c1-11(2)10-17-15(19)9-13(18)8-14(16)12-6-4-3-5-7-12/h11-14,18H,3-10,16H2,1-2H3,(H,17,19). The summed E-state index contributed by atoms with van der Waals surface area (Å²) in [5.41, 5.74) is 6.16. The summed E-state index contributed by atoms with van der Waals surface area (Å²) < 4.78 is 0. The Kier molecular flexibility index (Phi) is 7.39. The number of aliphatic hydroxyl groups excluding tert-OH is 1. The molecular formula is C15H30N2O2. The predicted molar refractivity (Wildman–Crippen MR) is 77.6 cm³/mol. The normalized spacial score (nSPS) is 20.3. The van der Waals surface area contributed by atoms with E-state index in [2.05, 4.69) is 19.2 Å². The van der Waals surface area contributed by atoms with Gasteiger partial charge in [0.15, 0.2) is 0 Å². The van der Waals surface area contributed by atoms with E-state index in [4.69, 9.17) is 5.73 Å². The number of rotatable bonds is 7. The largest absolute Gasteiger partial charge is 0.393 e. The molecule has 1 saturated carbocycles. The lowest BCUT2D eigenvalue weighted by Gasteiger charge is -2.28. The van der Waals surface area contributed by atoms with Crippen LogP contribution in [0.3, 0.4) is 0 Å². The summed E-state index contributed by atoms with van der Waals surface area (Å²) in [5.74, 6) is 0.893. The molecule has 0 aliphatic heterocycles. The third kappa shape index (κ3) is 6.92. The van der Waals surface area contributed by atoms with Gasteiger partial charge in [-0.25, -0.2) is 0 Å². The fraction of sp³-hybridized carbons (Fsp3) is 0.933. The molecule has 2 atom stereocenters. The van der Waals surface area contributed by atoms with Crippen molar-refractivity contribution in [3.8, 4) is 0 Å². The Labute approximate surface area is 117 Å². The zero-order valence-corrected chi connectivity index (χ0v) is 12.4. The molecule has 0 aromatic heterocycles. The highest BCUT2D eigenvalue weighted by Gasteiger charge is 2.23. The average molecular weight is 270 g/mol. The summed E-state index contributed by atoms with van der Waals surface area (Å²) >= 11 is 0. The first-order valence-electron chi connectivity index (χ1n) is 7.69. The fourth-order valence-corrected chi connectivity index (χ4v) is 2.76. The van der Waals surface area contributed by atoms with Crippen LogP contribution in [-0.4, -0.2) is 29.7 Å². The molecule has 4 heteroatoms. The Morgan fingerprint density at radius 2 is 1.95 bits per heavy atom. The zero-order valence-electron chi connectivity index (χ0n) is 12.4. The highest BCUT2D eigenvalue weighted by atomic mass is 16.3. The van der Waals surface area contributed by atoms with E-state index in [0.29, 0.717) is 24.8 Å². The van der Waals surface area contributed by atoms with Gasteiger partial charge in [-0.3, -0.25) is 4.79 Å². The molecule has 0 spiro atoms. The summed E-state index contributed by atoms with van der Waals surface area (Å²) in [7, 11) is 0. The van der Waals surface area contributed by atoms with Gasteiger partial charge in [-0.1, -0.05) is 33.1 Å². The summed E-state index contributed by atoms with van der Waals surface area (Å²) in [6, 6.07) is 0.0354. The maximum Gasteiger partial charge on any atom is 0.222 e. The second-order valence-corrected chi connectivity index (χ2v) is 6.35. The van der Waals surface area contributed by atoms with Crippen molar-refractivity contribution in [3.63, 3.8) is 0 Å². The van der Waals surface area contributed by atoms with Crippen LogP contribution in [0, 0.1) is 11.8 Å². The molecule has 1 fully saturated rings. The molecule has 1 aliphatic rings. The summed E-state index contributed by atoms with van der Waals surface area (Å²) in [6.07, 6.45) is 6.27. The second-order valence-electron chi connectivity index (χ2n) is 6.35. The van der Waals surface area contributed by atoms with Crippen molar-refractivity contribution >= 4 is 5.91 Å². The minimum Gasteiger partial charge on any atom is -0.393 e. The van der Waals surface area contributed by atoms with Crippen molar-refractivity contribution in [1.82, 2.24) is 5.32 Å². The number of aliphatic hydroxyl groups is 1. The Morgan fingerprint density at radius 1 is 1.32 bits per heavy atom. The number of nitrogens with one attached hydrogen (secondary N) is 1. The van der Waals surface area contributed by atoms with Gasteiger partial charge in [-0.15, -0.1) is 0 Å².